The SMILES string of the molecule is Br.NNc1cccc([N+](=O)[O-])c1. The number of nitrogens with zero attached hydrogens (tertiary/aromatic N) is 1. The molecule has 0 saturated carbocycles. The maximum Gasteiger partial charge on any atom is 0.271 e. The minimum atomic E-state index is -0.471. The summed E-state index contributed by atoms with van der Waals surface area (Å²) in [6, 6.07) is 5.97. The lowest BCUT2D eigenvalue weighted by Gasteiger charge is -1.96. The van der Waals surface area contributed by atoms with E-state index in [0.717, 1.165) is 0 Å². The molecule has 1 aromatic rings. The highest BCUT2D eigenvalue weighted by molar-refractivity contribution is 8.93. The van der Waals surface area contributed by atoms with E-state index >= 15 is 0 Å². The fourth-order valence-electron chi connectivity index (χ4n) is 0.709. The molecule has 0 aliphatic heterocycles. The minimum absolute atomic E-state index is 0. The largest absolute Gasteiger partial charge is 0.324 e. The number of nitro benzene ring substituents is 1. The van der Waals surface area contributed by atoms with Gasteiger partial charge in [0.25, 0.3) is 5.69 Å². The number of nitrogen functional groups attached to an aromatic ring is 1. The molecule has 66 valence electrons. The first-order chi connectivity index (χ1) is 5.24. The number of hydrogen-bond donors (Lipinski definition) is 2. The predicted octanol–water partition coefficient (Wildman–Crippen LogP) is 1.46. The zero-order valence-corrected chi connectivity index (χ0v) is 7.77. The third kappa shape index (κ3) is 2.48. The zero-order chi connectivity index (χ0) is 8.27. The average Bonchev–Trinajstić information content (AvgIpc) is 2.05. The van der Waals surface area contributed by atoms with Crippen molar-refractivity contribution < 1.29 is 4.92 Å². The first-order valence-corrected chi connectivity index (χ1v) is 2.95. The Bertz CT molecular complexity index is 279. The molecule has 0 heterocycles. The summed E-state index contributed by atoms with van der Waals surface area (Å²) in [4.78, 5) is 9.73. The molecule has 0 fully saturated rings. The van der Waals surface area contributed by atoms with Crippen molar-refractivity contribution in [2.24, 2.45) is 5.84 Å². The van der Waals surface area contributed by atoms with Crippen LogP contribution in [0.3, 0.4) is 0 Å². The average molecular weight is 234 g/mol. The van der Waals surface area contributed by atoms with Crippen LogP contribution in [0, 0.1) is 10.1 Å². The van der Waals surface area contributed by atoms with Gasteiger partial charge in [-0.25, -0.2) is 0 Å². The van der Waals surface area contributed by atoms with Crippen LogP contribution in [0.15, 0.2) is 24.3 Å². The molecular weight excluding hydrogens is 226 g/mol. The van der Waals surface area contributed by atoms with Crippen LogP contribution >= 0.6 is 17.0 Å². The third-order valence-corrected chi connectivity index (χ3v) is 1.22. The van der Waals surface area contributed by atoms with Crippen molar-refractivity contribution in [3.05, 3.63) is 34.4 Å². The summed E-state index contributed by atoms with van der Waals surface area (Å²) in [6.07, 6.45) is 0. The maximum absolute atomic E-state index is 10.2. The van der Waals surface area contributed by atoms with E-state index in [-0.39, 0.29) is 22.7 Å². The second-order valence-corrected chi connectivity index (χ2v) is 1.95. The molecule has 0 aliphatic rings. The number of hydrogen-bond acceptors (Lipinski definition) is 4. The van der Waals surface area contributed by atoms with Crippen molar-refractivity contribution in [3.63, 3.8) is 0 Å². The van der Waals surface area contributed by atoms with Gasteiger partial charge < -0.3 is 5.43 Å². The number of nitro groups is 1. The Kier molecular flexibility index (Phi) is 4.24. The molecule has 0 radical (unpaired) electrons. The van der Waals surface area contributed by atoms with Crippen molar-refractivity contribution in [1.29, 1.82) is 0 Å². The lowest BCUT2D eigenvalue weighted by atomic mass is 10.3. The normalized spacial score (nSPS) is 8.42. The summed E-state index contributed by atoms with van der Waals surface area (Å²) in [7, 11) is 0. The molecule has 3 N–H and O–H groups in total. The smallest absolute Gasteiger partial charge is 0.271 e. The highest BCUT2D eigenvalue weighted by atomic mass is 79.9. The number of halogens is 1. The lowest BCUT2D eigenvalue weighted by molar-refractivity contribution is -0.384. The van der Waals surface area contributed by atoms with E-state index in [9.17, 15) is 10.1 Å². The Morgan fingerprint density at radius 1 is 1.50 bits per heavy atom. The van der Waals surface area contributed by atoms with Gasteiger partial charge >= 0.3 is 0 Å². The summed E-state index contributed by atoms with van der Waals surface area (Å²) in [6.45, 7) is 0. The molecule has 0 unspecified atom stereocenters. The zero-order valence-electron chi connectivity index (χ0n) is 6.06. The Hall–Kier alpha value is -1.14. The lowest BCUT2D eigenvalue weighted by Crippen LogP contribution is -2.06. The fraction of sp³-hybridized carbons (Fsp3) is 0. The number of anilines is 1. The summed E-state index contributed by atoms with van der Waals surface area (Å²) >= 11 is 0. The summed E-state index contributed by atoms with van der Waals surface area (Å²) in [5.74, 6) is 5.05. The fourth-order valence-corrected chi connectivity index (χ4v) is 0.709. The van der Waals surface area contributed by atoms with Gasteiger partial charge in [0.1, 0.15) is 0 Å². The van der Waals surface area contributed by atoms with Gasteiger partial charge in [-0.3, -0.25) is 16.0 Å². The van der Waals surface area contributed by atoms with Gasteiger partial charge in [-0.05, 0) is 6.07 Å². The standard InChI is InChI=1S/C6H7N3O2.BrH/c7-8-5-2-1-3-6(4-5)9(10)11;/h1-4,8H,7H2;1H. The van der Waals surface area contributed by atoms with E-state index in [4.69, 9.17) is 5.84 Å². The second kappa shape index (κ2) is 4.68. The number of nitrogens with one attached hydrogen (secondary N) is 1. The van der Waals surface area contributed by atoms with Crippen LogP contribution in [0.25, 0.3) is 0 Å². The number of benzene rings is 1. The molecule has 12 heavy (non-hydrogen) atoms. The number of nitrogens with two attached hydrogens (primary N) is 1. The van der Waals surface area contributed by atoms with Gasteiger partial charge in [0, 0.05) is 12.1 Å². The van der Waals surface area contributed by atoms with Gasteiger partial charge in [0.2, 0.25) is 0 Å². The monoisotopic (exact) mass is 233 g/mol. The molecule has 0 spiro atoms. The highest BCUT2D eigenvalue weighted by Gasteiger charge is 2.03. The summed E-state index contributed by atoms with van der Waals surface area (Å²) in [5, 5.41) is 10.2. The maximum atomic E-state index is 10.2. The van der Waals surface area contributed by atoms with Gasteiger partial charge in [-0.2, -0.15) is 0 Å². The molecule has 5 nitrogen and oxygen atoms in total. The van der Waals surface area contributed by atoms with Crippen LogP contribution in [0.1, 0.15) is 0 Å². The Balaban J connectivity index is 0.00000121. The molecule has 1 aromatic carbocycles. The predicted molar refractivity (Wildman–Crippen MR) is 51.2 cm³/mol. The van der Waals surface area contributed by atoms with Crippen LogP contribution in [-0.4, -0.2) is 4.92 Å². The quantitative estimate of drug-likeness (QED) is 0.461. The van der Waals surface area contributed by atoms with E-state index in [0.29, 0.717) is 5.69 Å². The van der Waals surface area contributed by atoms with E-state index in [1.807, 2.05) is 0 Å². The van der Waals surface area contributed by atoms with E-state index < -0.39 is 4.92 Å². The number of non-ortho nitro benzene ring substituents is 1. The Morgan fingerprint density at radius 2 is 2.17 bits per heavy atom. The third-order valence-electron chi connectivity index (χ3n) is 1.22. The molecule has 0 bridgehead atoms. The van der Waals surface area contributed by atoms with E-state index in [1.54, 1.807) is 12.1 Å². The van der Waals surface area contributed by atoms with Gasteiger partial charge in [0.15, 0.2) is 0 Å². The Labute approximate surface area is 79.5 Å². The summed E-state index contributed by atoms with van der Waals surface area (Å²) < 4.78 is 0. The van der Waals surface area contributed by atoms with Crippen LogP contribution in [0.5, 0.6) is 0 Å². The molecule has 6 heteroatoms. The topological polar surface area (TPSA) is 81.2 Å². The molecular formula is C6H8BrN3O2. The van der Waals surface area contributed by atoms with E-state index in [1.165, 1.54) is 12.1 Å². The van der Waals surface area contributed by atoms with Crippen LogP contribution < -0.4 is 11.3 Å². The second-order valence-electron chi connectivity index (χ2n) is 1.95. The van der Waals surface area contributed by atoms with Crippen molar-refractivity contribution in [3.8, 4) is 0 Å². The van der Waals surface area contributed by atoms with Crippen molar-refractivity contribution >= 4 is 28.4 Å². The first kappa shape index (κ1) is 10.9. The number of rotatable bonds is 2. The van der Waals surface area contributed by atoms with Gasteiger partial charge in [-0.15, -0.1) is 17.0 Å². The van der Waals surface area contributed by atoms with Crippen molar-refractivity contribution in [2.45, 2.75) is 0 Å². The highest BCUT2D eigenvalue weighted by Crippen LogP contribution is 2.15. The first-order valence-electron chi connectivity index (χ1n) is 2.95. The van der Waals surface area contributed by atoms with Crippen molar-refractivity contribution in [2.75, 3.05) is 5.43 Å². The van der Waals surface area contributed by atoms with Gasteiger partial charge in [0.05, 0.1) is 10.6 Å². The molecule has 0 aromatic heterocycles. The molecule has 0 atom stereocenters. The molecule has 0 saturated heterocycles. The van der Waals surface area contributed by atoms with Crippen molar-refractivity contribution in [1.82, 2.24) is 0 Å². The van der Waals surface area contributed by atoms with Crippen LogP contribution in [0.4, 0.5) is 11.4 Å². The minimum Gasteiger partial charge on any atom is -0.324 e. The molecule has 0 aliphatic carbocycles. The van der Waals surface area contributed by atoms with Crippen LogP contribution in [-0.2, 0) is 0 Å². The Morgan fingerprint density at radius 3 is 2.67 bits per heavy atom. The number of hydrazine groups is 1. The van der Waals surface area contributed by atoms with Crippen LogP contribution in [0.2, 0.25) is 0 Å². The van der Waals surface area contributed by atoms with E-state index in [2.05, 4.69) is 5.43 Å². The van der Waals surface area contributed by atoms with Gasteiger partial charge in [-0.1, -0.05) is 6.07 Å². The summed E-state index contributed by atoms with van der Waals surface area (Å²) in [5.41, 5.74) is 2.87. The molecule has 1 rings (SSSR count). The molecule has 0 amide bonds.